The van der Waals surface area contributed by atoms with Crippen LogP contribution in [0.4, 0.5) is 0 Å². The van der Waals surface area contributed by atoms with Crippen molar-refractivity contribution in [2.75, 3.05) is 20.4 Å². The van der Waals surface area contributed by atoms with Crippen LogP contribution in [0.1, 0.15) is 27.8 Å². The first-order chi connectivity index (χ1) is 18.1. The van der Waals surface area contributed by atoms with E-state index >= 15 is 0 Å². The molecule has 1 N–H and O–H groups in total. The van der Waals surface area contributed by atoms with E-state index in [0.717, 1.165) is 68.8 Å². The van der Waals surface area contributed by atoms with E-state index in [1.807, 2.05) is 54.6 Å². The van der Waals surface area contributed by atoms with E-state index in [2.05, 4.69) is 23.1 Å². The fourth-order valence-corrected chi connectivity index (χ4v) is 5.06. The highest BCUT2D eigenvalue weighted by atomic mass is 35.5. The molecular weight excluding hydrogens is 486 g/mol. The predicted octanol–water partition coefficient (Wildman–Crippen LogP) is 6.76. The molecule has 2 aliphatic rings. The third-order valence-corrected chi connectivity index (χ3v) is 7.07. The van der Waals surface area contributed by atoms with E-state index in [0.29, 0.717) is 13.3 Å². The van der Waals surface area contributed by atoms with Gasteiger partial charge in [0.15, 0.2) is 0 Å². The fraction of sp³-hybridized carbons (Fsp3) is 0.161. The van der Waals surface area contributed by atoms with Crippen LogP contribution in [0.25, 0.3) is 11.1 Å². The lowest BCUT2D eigenvalue weighted by Crippen LogP contribution is -2.31. The number of halogens is 1. The van der Waals surface area contributed by atoms with Crippen LogP contribution in [0, 0.1) is 0 Å². The Labute approximate surface area is 221 Å². The molecule has 0 bridgehead atoms. The van der Waals surface area contributed by atoms with Crippen molar-refractivity contribution < 1.29 is 19.3 Å². The molecule has 0 aliphatic carbocycles. The first-order valence-electron chi connectivity index (χ1n) is 12.1. The van der Waals surface area contributed by atoms with Crippen LogP contribution in [0.3, 0.4) is 0 Å². The zero-order valence-corrected chi connectivity index (χ0v) is 21.2. The Morgan fingerprint density at radius 3 is 2.32 bits per heavy atom. The Hall–Kier alpha value is -3.93. The van der Waals surface area contributed by atoms with Crippen LogP contribution in [-0.4, -0.2) is 30.5 Å². The van der Waals surface area contributed by atoms with Crippen molar-refractivity contribution in [3.05, 3.63) is 118 Å². The van der Waals surface area contributed by atoms with Gasteiger partial charge >= 0.3 is 0 Å². The van der Waals surface area contributed by atoms with Crippen molar-refractivity contribution in [2.24, 2.45) is 0 Å². The molecule has 0 radical (unpaired) electrons. The van der Waals surface area contributed by atoms with Gasteiger partial charge in [-0.2, -0.15) is 0 Å². The van der Waals surface area contributed by atoms with Gasteiger partial charge in [0.2, 0.25) is 0 Å². The maximum absolute atomic E-state index is 9.84. The number of benzene rings is 4. The number of phenolic OH excluding ortho intramolecular Hbond substituents is 1. The van der Waals surface area contributed by atoms with E-state index in [-0.39, 0.29) is 5.75 Å². The molecule has 0 unspecified atom stereocenters. The number of ether oxygens (including phenoxy) is 3. The zero-order chi connectivity index (χ0) is 25.4. The van der Waals surface area contributed by atoms with E-state index in [4.69, 9.17) is 25.8 Å². The van der Waals surface area contributed by atoms with E-state index in [1.54, 1.807) is 19.2 Å². The minimum Gasteiger partial charge on any atom is -0.508 e. The van der Waals surface area contributed by atoms with Crippen LogP contribution >= 0.6 is 11.6 Å². The Bertz CT molecular complexity index is 1460. The highest BCUT2D eigenvalue weighted by molar-refractivity contribution is 6.30. The molecule has 5 nitrogen and oxygen atoms in total. The summed E-state index contributed by atoms with van der Waals surface area (Å²) in [5.74, 6) is 2.70. The number of hydrogen-bond donors (Lipinski definition) is 1. The Kier molecular flexibility index (Phi) is 6.25. The van der Waals surface area contributed by atoms with Crippen LogP contribution < -0.4 is 14.2 Å². The molecule has 0 fully saturated rings. The van der Waals surface area contributed by atoms with E-state index in [1.165, 1.54) is 5.56 Å². The topological polar surface area (TPSA) is 51.2 Å². The predicted molar refractivity (Wildman–Crippen MR) is 145 cm³/mol. The molecule has 4 aromatic carbocycles. The molecule has 186 valence electrons. The first-order valence-corrected chi connectivity index (χ1v) is 12.5. The second-order valence-electron chi connectivity index (χ2n) is 9.26. The number of phenols is 1. The number of rotatable bonds is 5. The molecule has 0 atom stereocenters. The first kappa shape index (κ1) is 23.5. The maximum Gasteiger partial charge on any atom is 0.142 e. The van der Waals surface area contributed by atoms with Crippen molar-refractivity contribution in [3.8, 4) is 23.0 Å². The average molecular weight is 512 g/mol. The van der Waals surface area contributed by atoms with Gasteiger partial charge in [0, 0.05) is 40.9 Å². The monoisotopic (exact) mass is 511 g/mol. The highest BCUT2D eigenvalue weighted by Crippen LogP contribution is 2.45. The molecule has 2 aliphatic heterocycles. The molecule has 0 aromatic heterocycles. The zero-order valence-electron chi connectivity index (χ0n) is 20.4. The summed E-state index contributed by atoms with van der Waals surface area (Å²) in [5, 5.41) is 10.6. The van der Waals surface area contributed by atoms with Crippen LogP contribution in [0.2, 0.25) is 5.02 Å². The minimum absolute atomic E-state index is 0.236. The van der Waals surface area contributed by atoms with Gasteiger partial charge in [0.25, 0.3) is 0 Å². The van der Waals surface area contributed by atoms with Gasteiger partial charge in [-0.05, 0) is 64.7 Å². The largest absolute Gasteiger partial charge is 0.508 e. The van der Waals surface area contributed by atoms with Gasteiger partial charge < -0.3 is 19.3 Å². The molecular formula is C31H26ClNO4. The lowest BCUT2D eigenvalue weighted by Gasteiger charge is -2.32. The van der Waals surface area contributed by atoms with Crippen LogP contribution in [0.5, 0.6) is 23.0 Å². The number of aromatic hydroxyl groups is 1. The smallest absolute Gasteiger partial charge is 0.142 e. The fourth-order valence-electron chi connectivity index (χ4n) is 4.94. The summed E-state index contributed by atoms with van der Waals surface area (Å²) in [5.41, 5.74) is 7.57. The summed E-state index contributed by atoms with van der Waals surface area (Å²) in [6, 6.07) is 27.5. The van der Waals surface area contributed by atoms with Gasteiger partial charge in [-0.15, -0.1) is 0 Å². The lowest BCUT2D eigenvalue weighted by atomic mass is 9.86. The molecule has 0 spiro atoms. The third-order valence-electron chi connectivity index (χ3n) is 6.82. The normalized spacial score (nSPS) is 14.9. The average Bonchev–Trinajstić information content (AvgIpc) is 2.93. The Morgan fingerprint density at radius 1 is 0.865 bits per heavy atom. The number of methoxy groups -OCH3 is 1. The molecule has 6 rings (SSSR count). The molecule has 0 saturated heterocycles. The number of nitrogens with zero attached hydrogens (tertiary/aromatic N) is 1. The van der Waals surface area contributed by atoms with Crippen LogP contribution in [0.15, 0.2) is 84.9 Å². The summed E-state index contributed by atoms with van der Waals surface area (Å²) in [6.45, 7) is 2.45. The van der Waals surface area contributed by atoms with Crippen molar-refractivity contribution in [1.82, 2.24) is 4.90 Å². The van der Waals surface area contributed by atoms with Crippen molar-refractivity contribution in [3.63, 3.8) is 0 Å². The molecule has 6 heteroatoms. The number of fused-ring (bicyclic) bond motifs is 2. The van der Waals surface area contributed by atoms with Crippen molar-refractivity contribution in [1.29, 1.82) is 0 Å². The summed E-state index contributed by atoms with van der Waals surface area (Å²) in [4.78, 5) is 2.26. The molecule has 4 aromatic rings. The number of hydrogen-bond acceptors (Lipinski definition) is 5. The highest BCUT2D eigenvalue weighted by Gasteiger charge is 2.27. The molecule has 37 heavy (non-hydrogen) atoms. The van der Waals surface area contributed by atoms with Gasteiger partial charge in [-0.3, -0.25) is 4.90 Å². The summed E-state index contributed by atoms with van der Waals surface area (Å²) in [7, 11) is 1.67. The van der Waals surface area contributed by atoms with Crippen molar-refractivity contribution in [2.45, 2.75) is 13.1 Å². The lowest BCUT2D eigenvalue weighted by molar-refractivity contribution is 0.0883. The second kappa shape index (κ2) is 9.85. The van der Waals surface area contributed by atoms with Gasteiger partial charge in [0.05, 0.1) is 7.11 Å². The molecule has 0 amide bonds. The van der Waals surface area contributed by atoms with E-state index < -0.39 is 0 Å². The van der Waals surface area contributed by atoms with Gasteiger partial charge in [-0.25, -0.2) is 0 Å². The molecule has 0 saturated carbocycles. The summed E-state index contributed by atoms with van der Waals surface area (Å²) < 4.78 is 17.8. The standard InChI is InChI=1S/C31H26ClNO4/c1-35-26-12-6-22(7-13-26)31-27-14-23-17-33(16-20-2-8-24(32)9-3-20)19-37-29(23)15-30(27)36-18-28(31)21-4-10-25(34)11-5-21/h2-15,34H,16-19H2,1H3. The maximum atomic E-state index is 9.84. The summed E-state index contributed by atoms with van der Waals surface area (Å²) in [6.07, 6.45) is 0. The second-order valence-corrected chi connectivity index (χ2v) is 9.70. The van der Waals surface area contributed by atoms with Crippen molar-refractivity contribution >= 4 is 22.7 Å². The van der Waals surface area contributed by atoms with Gasteiger partial charge in [0.1, 0.15) is 36.3 Å². The van der Waals surface area contributed by atoms with Gasteiger partial charge in [-0.1, -0.05) is 48.0 Å². The minimum atomic E-state index is 0.236. The summed E-state index contributed by atoms with van der Waals surface area (Å²) >= 11 is 6.06. The Balaban J connectivity index is 1.41. The third kappa shape index (κ3) is 4.76. The SMILES string of the molecule is COc1ccc(C2=C(c3ccc(O)cc3)COc3cc4c(cc32)CN(Cc2ccc(Cl)cc2)CO4)cc1. The molecule has 2 heterocycles. The Morgan fingerprint density at radius 2 is 1.59 bits per heavy atom. The van der Waals surface area contributed by atoms with Crippen LogP contribution in [-0.2, 0) is 13.1 Å². The van der Waals surface area contributed by atoms with E-state index in [9.17, 15) is 5.11 Å². The quantitative estimate of drug-likeness (QED) is 0.321.